The number of nitrogens with one attached hydrogen (secondary N) is 2. The Hall–Kier alpha value is -1.47. The number of aryl methyl sites for hydroxylation is 1. The number of alkyl halides is 3. The first-order valence-electron chi connectivity index (χ1n) is 11.0. The molecule has 1 atom stereocenters. The van der Waals surface area contributed by atoms with Crippen molar-refractivity contribution < 1.29 is 14.3 Å². The van der Waals surface area contributed by atoms with Crippen LogP contribution in [0.2, 0.25) is 0 Å². The van der Waals surface area contributed by atoms with Crippen LogP contribution < -0.4 is 10.6 Å². The number of ether oxygens (including phenoxy) is 1. The zero-order chi connectivity index (χ0) is 24.4. The zero-order valence-corrected chi connectivity index (χ0v) is 22.3. The van der Waals surface area contributed by atoms with E-state index in [1.54, 1.807) is 19.1 Å². The molecule has 0 aliphatic heterocycles. The normalized spacial score (nSPS) is 14.9. The van der Waals surface area contributed by atoms with Crippen LogP contribution in [-0.4, -0.2) is 28.4 Å². The molecule has 180 valence electrons. The van der Waals surface area contributed by atoms with Crippen molar-refractivity contribution in [2.75, 3.05) is 11.9 Å². The maximum atomic E-state index is 13.0. The van der Waals surface area contributed by atoms with E-state index in [0.29, 0.717) is 16.1 Å². The van der Waals surface area contributed by atoms with Crippen LogP contribution in [0.1, 0.15) is 77.3 Å². The number of hydrogen-bond acceptors (Lipinski definition) is 5. The molecule has 0 saturated heterocycles. The number of hydrogen-bond donors (Lipinski definition) is 2. The summed E-state index contributed by atoms with van der Waals surface area (Å²) in [5.41, 5.74) is 2.98. The first kappa shape index (κ1) is 26.1. The van der Waals surface area contributed by atoms with E-state index in [0.717, 1.165) is 41.7 Å². The molecule has 5 nitrogen and oxygen atoms in total. The summed E-state index contributed by atoms with van der Waals surface area (Å²) in [5.74, 6) is -0.801. The Morgan fingerprint density at radius 2 is 1.73 bits per heavy atom. The third-order valence-electron chi connectivity index (χ3n) is 5.54. The van der Waals surface area contributed by atoms with Crippen LogP contribution in [0.15, 0.2) is 24.3 Å². The van der Waals surface area contributed by atoms with Gasteiger partial charge < -0.3 is 15.4 Å². The highest BCUT2D eigenvalue weighted by molar-refractivity contribution is 7.16. The molecule has 0 saturated carbocycles. The molecule has 2 N–H and O–H groups in total. The Labute approximate surface area is 214 Å². The Morgan fingerprint density at radius 3 is 2.30 bits per heavy atom. The summed E-state index contributed by atoms with van der Waals surface area (Å²) < 4.78 is 3.43. The summed E-state index contributed by atoms with van der Waals surface area (Å²) in [5, 5.41) is 6.42. The van der Waals surface area contributed by atoms with Crippen molar-refractivity contribution in [1.29, 1.82) is 0 Å². The highest BCUT2D eigenvalue weighted by Crippen LogP contribution is 2.41. The molecule has 1 aromatic heterocycles. The van der Waals surface area contributed by atoms with Crippen LogP contribution in [-0.2, 0) is 23.0 Å². The first-order chi connectivity index (χ1) is 15.4. The minimum absolute atomic E-state index is 0.0293. The van der Waals surface area contributed by atoms with Crippen molar-refractivity contribution in [2.45, 2.75) is 68.8 Å². The number of rotatable bonds is 6. The zero-order valence-electron chi connectivity index (χ0n) is 19.2. The second-order valence-corrected chi connectivity index (χ2v) is 12.5. The van der Waals surface area contributed by atoms with Gasteiger partial charge in [0.1, 0.15) is 11.2 Å². The molecule has 1 aromatic carbocycles. The molecular weight excluding hydrogens is 503 g/mol. The first-order valence-corrected chi connectivity index (χ1v) is 12.9. The number of amides is 1. The molecular formula is C24H29Cl3N2O3S. The maximum absolute atomic E-state index is 13.0. The smallest absolute Gasteiger partial charge is 0.341 e. The van der Waals surface area contributed by atoms with Crippen molar-refractivity contribution in [1.82, 2.24) is 5.32 Å². The number of esters is 1. The van der Waals surface area contributed by atoms with E-state index in [2.05, 4.69) is 31.4 Å². The molecule has 33 heavy (non-hydrogen) atoms. The second kappa shape index (κ2) is 10.4. The number of carbonyl (C=O) groups excluding carboxylic acids is 2. The van der Waals surface area contributed by atoms with Gasteiger partial charge in [-0.3, -0.25) is 4.79 Å². The van der Waals surface area contributed by atoms with Crippen molar-refractivity contribution in [3.63, 3.8) is 0 Å². The fourth-order valence-electron chi connectivity index (χ4n) is 3.75. The van der Waals surface area contributed by atoms with Crippen LogP contribution in [0.25, 0.3) is 0 Å². The van der Waals surface area contributed by atoms with Crippen LogP contribution >= 0.6 is 46.1 Å². The van der Waals surface area contributed by atoms with Gasteiger partial charge in [0, 0.05) is 10.4 Å². The summed E-state index contributed by atoms with van der Waals surface area (Å²) >= 11 is 20.1. The van der Waals surface area contributed by atoms with E-state index < -0.39 is 21.8 Å². The van der Waals surface area contributed by atoms with Crippen molar-refractivity contribution in [2.24, 2.45) is 0 Å². The summed E-state index contributed by atoms with van der Waals surface area (Å²) in [4.78, 5) is 26.8. The third kappa shape index (κ3) is 6.36. The van der Waals surface area contributed by atoms with Gasteiger partial charge in [0.15, 0.2) is 0 Å². The van der Waals surface area contributed by atoms with E-state index >= 15 is 0 Å². The Bertz CT molecular complexity index is 1010. The summed E-state index contributed by atoms with van der Waals surface area (Å²) in [6, 6.07) is 7.33. The standard InChI is InChI=1S/C24H29Cl3N2O3S/c1-5-32-21(31)18-16-8-6-7-9-17(16)33-20(18)29-22(24(25,26)27)28-19(30)14-10-12-15(13-11-14)23(2,3)4/h10-13,22,29H,5-9H2,1-4H3,(H,28,30)/t22-/m1/s1. The monoisotopic (exact) mass is 530 g/mol. The minimum Gasteiger partial charge on any atom is -0.462 e. The van der Waals surface area contributed by atoms with Gasteiger partial charge in [-0.15, -0.1) is 11.3 Å². The lowest BCUT2D eigenvalue weighted by molar-refractivity contribution is 0.0526. The highest BCUT2D eigenvalue weighted by atomic mass is 35.6. The predicted octanol–water partition coefficient (Wildman–Crippen LogP) is 6.64. The number of carbonyl (C=O) groups is 2. The number of halogens is 3. The van der Waals surface area contributed by atoms with E-state index in [1.807, 2.05) is 12.1 Å². The van der Waals surface area contributed by atoms with Gasteiger partial charge in [-0.05, 0) is 61.3 Å². The van der Waals surface area contributed by atoms with Gasteiger partial charge in [-0.25, -0.2) is 4.79 Å². The second-order valence-electron chi connectivity index (χ2n) is 9.06. The maximum Gasteiger partial charge on any atom is 0.341 e. The average molecular weight is 532 g/mol. The van der Waals surface area contributed by atoms with Crippen LogP contribution in [0, 0.1) is 0 Å². The third-order valence-corrected chi connectivity index (χ3v) is 7.42. The van der Waals surface area contributed by atoms with Gasteiger partial charge in [-0.2, -0.15) is 0 Å². The van der Waals surface area contributed by atoms with E-state index in [-0.39, 0.29) is 12.0 Å². The molecule has 0 unspecified atom stereocenters. The summed E-state index contributed by atoms with van der Waals surface area (Å²) in [7, 11) is 0. The van der Waals surface area contributed by atoms with Gasteiger partial charge in [-0.1, -0.05) is 67.7 Å². The van der Waals surface area contributed by atoms with Gasteiger partial charge in [0.2, 0.25) is 3.79 Å². The highest BCUT2D eigenvalue weighted by Gasteiger charge is 2.37. The Morgan fingerprint density at radius 1 is 1.09 bits per heavy atom. The SMILES string of the molecule is CCOC(=O)c1c(N[C@@H](NC(=O)c2ccc(C(C)(C)C)cc2)C(Cl)(Cl)Cl)sc2c1CCCC2. The quantitative estimate of drug-likeness (QED) is 0.249. The lowest BCUT2D eigenvalue weighted by Gasteiger charge is -2.27. The van der Waals surface area contributed by atoms with Gasteiger partial charge in [0.25, 0.3) is 5.91 Å². The van der Waals surface area contributed by atoms with E-state index in [9.17, 15) is 9.59 Å². The molecule has 9 heteroatoms. The lowest BCUT2D eigenvalue weighted by atomic mass is 9.87. The molecule has 0 bridgehead atoms. The topological polar surface area (TPSA) is 67.4 Å². The molecule has 1 amide bonds. The number of benzene rings is 1. The van der Waals surface area contributed by atoms with Gasteiger partial charge in [0.05, 0.1) is 12.2 Å². The molecule has 0 fully saturated rings. The van der Waals surface area contributed by atoms with Crippen LogP contribution in [0.3, 0.4) is 0 Å². The molecule has 1 aliphatic rings. The van der Waals surface area contributed by atoms with Crippen molar-refractivity contribution >= 4 is 63.0 Å². The van der Waals surface area contributed by atoms with Crippen LogP contribution in [0.4, 0.5) is 5.00 Å². The molecule has 3 rings (SSSR count). The number of anilines is 1. The lowest BCUT2D eigenvalue weighted by Crippen LogP contribution is -2.49. The Kier molecular flexibility index (Phi) is 8.26. The average Bonchev–Trinajstić information content (AvgIpc) is 3.10. The van der Waals surface area contributed by atoms with Crippen LogP contribution in [0.5, 0.6) is 0 Å². The molecule has 0 radical (unpaired) electrons. The van der Waals surface area contributed by atoms with E-state index in [4.69, 9.17) is 39.5 Å². The van der Waals surface area contributed by atoms with Crippen molar-refractivity contribution in [3.8, 4) is 0 Å². The molecule has 1 heterocycles. The fourth-order valence-corrected chi connectivity index (χ4v) is 5.39. The van der Waals surface area contributed by atoms with Gasteiger partial charge >= 0.3 is 5.97 Å². The summed E-state index contributed by atoms with van der Waals surface area (Å²) in [6.07, 6.45) is 2.69. The van der Waals surface area contributed by atoms with E-state index in [1.165, 1.54) is 11.3 Å². The van der Waals surface area contributed by atoms with Crippen molar-refractivity contribution in [3.05, 3.63) is 51.4 Å². The number of thiophene rings is 1. The molecule has 1 aliphatic carbocycles. The molecule has 2 aromatic rings. The summed E-state index contributed by atoms with van der Waals surface area (Å²) in [6.45, 7) is 8.34. The number of fused-ring (bicyclic) bond motifs is 1. The molecule has 0 spiro atoms. The largest absolute Gasteiger partial charge is 0.462 e. The predicted molar refractivity (Wildman–Crippen MR) is 137 cm³/mol. The minimum atomic E-state index is -1.86. The Balaban J connectivity index is 1.87. The fraction of sp³-hybridized carbons (Fsp3) is 0.500.